The van der Waals surface area contributed by atoms with E-state index in [4.69, 9.17) is 11.5 Å². The van der Waals surface area contributed by atoms with Gasteiger partial charge in [0.05, 0.1) is 43.5 Å². The van der Waals surface area contributed by atoms with Crippen LogP contribution in [0.4, 0.5) is 0 Å². The third-order valence-corrected chi connectivity index (χ3v) is 25.2. The molecule has 0 aliphatic carbocycles. The molecule has 0 unspecified atom stereocenters. The lowest BCUT2D eigenvalue weighted by Gasteiger charge is -2.36. The molecule has 39 heteroatoms. The molecule has 15 amide bonds. The number of amides is 15. The molecule has 4 aromatic heterocycles. The van der Waals surface area contributed by atoms with Crippen molar-refractivity contribution in [2.45, 2.75) is 236 Å². The predicted molar refractivity (Wildman–Crippen MR) is 485 cm³/mol. The number of hydrogen-bond donors (Lipinski definition) is 14. The summed E-state index contributed by atoms with van der Waals surface area (Å²) in [5.74, 6) is -17.1. The van der Waals surface area contributed by atoms with Gasteiger partial charge in [0.25, 0.3) is 0 Å². The molecule has 6 aromatic rings. The molecule has 2 aromatic carbocycles. The van der Waals surface area contributed by atoms with Gasteiger partial charge in [-0.1, -0.05) is 102 Å². The monoisotopic (exact) mass is 1820 g/mol. The number of aromatic amines is 4. The second-order valence-electron chi connectivity index (χ2n) is 34.2. The molecule has 130 heavy (non-hydrogen) atoms. The Balaban J connectivity index is 1.08. The number of hydrogen-bond acceptors (Lipinski definition) is 20. The number of unbranched alkanes of at least 4 members (excludes halogenated alkanes) is 2. The number of nitrogens with two attached hydrogens (primary N) is 2. The fourth-order valence-corrected chi connectivity index (χ4v) is 17.8. The highest BCUT2D eigenvalue weighted by Gasteiger charge is 2.46. The zero-order valence-corrected chi connectivity index (χ0v) is 75.9. The molecule has 14 atom stereocenters. The van der Waals surface area contributed by atoms with Gasteiger partial charge in [0.2, 0.25) is 88.6 Å². The van der Waals surface area contributed by atoms with Crippen LogP contribution in [0, 0.1) is 17.8 Å². The minimum Gasteiger partial charge on any atom is -0.370 e. The maximum atomic E-state index is 15.9. The summed E-state index contributed by atoms with van der Waals surface area (Å²) < 4.78 is 0. The van der Waals surface area contributed by atoms with Gasteiger partial charge in [0.1, 0.15) is 60.4 Å². The molecule has 0 bridgehead atoms. The molecule has 7 heterocycles. The van der Waals surface area contributed by atoms with Crippen LogP contribution in [0.2, 0.25) is 0 Å². The number of thioether (sulfide) groups is 1. The van der Waals surface area contributed by atoms with E-state index in [1.54, 1.807) is 12.4 Å². The van der Waals surface area contributed by atoms with E-state index >= 15 is 38.4 Å². The van der Waals surface area contributed by atoms with Crippen LogP contribution in [0.1, 0.15) is 160 Å². The quantitative estimate of drug-likeness (QED) is 0.0365. The van der Waals surface area contributed by atoms with Crippen molar-refractivity contribution in [3.8, 4) is 0 Å². The number of likely N-dealkylation sites (N-methyl/N-ethyl adjacent to an activating group) is 3. The molecule has 3 aliphatic heterocycles. The van der Waals surface area contributed by atoms with E-state index in [0.717, 1.165) is 43.4 Å². The van der Waals surface area contributed by atoms with Crippen LogP contribution >= 0.6 is 11.8 Å². The number of aromatic nitrogens is 6. The smallest absolute Gasteiger partial charge is 0.246 e. The minimum absolute atomic E-state index is 0.0381. The molecule has 0 radical (unpaired) electrons. The molecule has 702 valence electrons. The molecule has 0 saturated carbocycles. The maximum absolute atomic E-state index is 15.9. The average molecular weight is 1820 g/mol. The highest BCUT2D eigenvalue weighted by Crippen LogP contribution is 2.31. The van der Waals surface area contributed by atoms with Gasteiger partial charge in [0.15, 0.2) is 11.6 Å². The summed E-state index contributed by atoms with van der Waals surface area (Å²) in [6.07, 6.45) is 12.0. The van der Waals surface area contributed by atoms with Gasteiger partial charge in [-0.25, -0.2) is 9.97 Å². The van der Waals surface area contributed by atoms with E-state index in [1.807, 2.05) is 76.2 Å². The number of carbonyl (C=O) groups is 17. The average Bonchev–Trinajstić information content (AvgIpc) is 1.63. The first kappa shape index (κ1) is 101. The first-order valence-electron chi connectivity index (χ1n) is 44.4. The standard InChI is InChI=1S/C91H125N21O17S/c1-11-15-29-72-85(123)103-65(24-14-4)83(121)107-70(82(120)98-47-78(93)116)48-130-49-79(117)101-68(41-59-46-95-51-100-59)88(126)108(8)53(7)80(118)105-69(42-77(92)115)90(128)112-34-22-32-73(112)86(124)104-66(40-58-45-94-50-99-58)84(122)106-67(35-52(5)6)89(127)111-33-21-31-71(111)76(114)38-54(36-56-43-96-62-27-19-17-25-60(56)62)81(119)102-64(23-13-3)75(113)39-55(37-57-44-97-63-28-20-18-26-61(57)63)87(125)110(10)74(30-16-12-2)91(129)109(72)9/h13-14,17-20,25-28,43-46,50-55,64-74,96-97H,3-4,11-12,15-16,21-24,29-42,47-49H2,1-2,5-10H3,(H2,92,115)(H2,93,116)(H,94,99)(H,95,100)(H,98,120)(H,101,117)(H,102,119)(H,103,123)(H,104,124)(H,105,118)(H,106,122)(H,107,121)/t53-,54+,55+,64-,65-,66-,67-,68-,69-,70-,71-,72-,73-,74-/m0/s1. The van der Waals surface area contributed by atoms with Gasteiger partial charge in [-0.15, -0.1) is 24.9 Å². The molecular weight excluding hydrogens is 1690 g/mol. The second kappa shape index (κ2) is 48.5. The normalized spacial score (nSPS) is 24.8. The zero-order chi connectivity index (χ0) is 94.6. The van der Waals surface area contributed by atoms with E-state index in [1.165, 1.54) is 80.0 Å². The van der Waals surface area contributed by atoms with Crippen molar-refractivity contribution in [2.24, 2.45) is 29.2 Å². The van der Waals surface area contributed by atoms with E-state index in [2.05, 4.69) is 85.6 Å². The molecule has 3 fully saturated rings. The van der Waals surface area contributed by atoms with Gasteiger partial charge in [-0.3, -0.25) is 81.5 Å². The molecule has 38 nitrogen and oxygen atoms in total. The van der Waals surface area contributed by atoms with Crippen LogP contribution in [-0.2, 0) is 107 Å². The summed E-state index contributed by atoms with van der Waals surface area (Å²) in [7, 11) is 4.12. The van der Waals surface area contributed by atoms with E-state index < -0.39 is 216 Å². The molecule has 9 rings (SSSR count). The number of carbonyl (C=O) groups excluding carboxylic acids is 17. The summed E-state index contributed by atoms with van der Waals surface area (Å²) in [6.45, 7) is 15.8. The number of imidazole rings is 2. The predicted octanol–water partition coefficient (Wildman–Crippen LogP) is 2.20. The number of para-hydroxylation sites is 2. The Labute approximate surface area is 759 Å². The van der Waals surface area contributed by atoms with Gasteiger partial charge in [-0.2, -0.15) is 0 Å². The first-order chi connectivity index (χ1) is 62.1. The number of ketones is 2. The lowest BCUT2D eigenvalue weighted by atomic mass is 9.88. The van der Waals surface area contributed by atoms with Crippen LogP contribution in [0.25, 0.3) is 21.8 Å². The molecule has 16 N–H and O–H groups in total. The minimum atomic E-state index is -1.72. The molecule has 0 spiro atoms. The summed E-state index contributed by atoms with van der Waals surface area (Å²) in [6, 6.07) is -2.00. The number of H-pyrrole nitrogens is 4. The summed E-state index contributed by atoms with van der Waals surface area (Å²) in [4.78, 5) is 277. The van der Waals surface area contributed by atoms with Crippen LogP contribution in [-0.4, -0.2) is 279 Å². The number of primary amides is 2. The van der Waals surface area contributed by atoms with Crippen molar-refractivity contribution in [3.63, 3.8) is 0 Å². The second-order valence-corrected chi connectivity index (χ2v) is 35.2. The molecular formula is C91H125N21O17S. The largest absolute Gasteiger partial charge is 0.370 e. The van der Waals surface area contributed by atoms with E-state index in [-0.39, 0.29) is 102 Å². The van der Waals surface area contributed by atoms with Crippen LogP contribution < -0.4 is 54.0 Å². The van der Waals surface area contributed by atoms with Crippen molar-refractivity contribution in [1.82, 2.24) is 96.9 Å². The topological polar surface area (TPSA) is 544 Å². The van der Waals surface area contributed by atoms with Crippen LogP contribution in [0.15, 0.2) is 111 Å². The Morgan fingerprint density at radius 1 is 0.531 bits per heavy atom. The highest BCUT2D eigenvalue weighted by atomic mass is 32.2. The van der Waals surface area contributed by atoms with Crippen LogP contribution in [0.3, 0.4) is 0 Å². The number of fused-ring (bicyclic) bond motifs is 4. The Hall–Kier alpha value is -12.8. The number of rotatable bonds is 25. The van der Waals surface area contributed by atoms with Crippen molar-refractivity contribution >= 4 is 134 Å². The number of nitrogens with zero attached hydrogens (tertiary/aromatic N) is 7. The summed E-state index contributed by atoms with van der Waals surface area (Å²) in [5.41, 5.74) is 14.7. The van der Waals surface area contributed by atoms with Crippen molar-refractivity contribution in [1.29, 1.82) is 0 Å². The fraction of sp³-hybridized carbons (Fsp3) is 0.527. The SMILES string of the molecule is C=CC[C@@H]1NC(=O)[C@H](Cc2c[nH]c3ccccc23)CC(=O)[C@@H]2CCCN2C(=O)[C@H](CC(C)C)NC(=O)[C@H](Cc2cnc[nH]2)NC(=O)[C@@H]2CCCN2C(=O)[C@H](CC(N)=O)NC(=O)[C@H](C)N(C)C(=O)[C@H](Cc2cnc[nH]2)NC(=O)CSC[C@@H](C(=O)NCC(N)=O)NC(=O)[C@H](CC=C)NC(=O)[C@H](CCCC)N(C)C(=O)[C@H](CCCC)N(C)C(=O)[C@H](Cc2c[nH]c3ccccc23)CC1=O. The third kappa shape index (κ3) is 27.4. The van der Waals surface area contributed by atoms with Crippen LogP contribution in [0.5, 0.6) is 0 Å². The lowest BCUT2D eigenvalue weighted by molar-refractivity contribution is -0.150. The summed E-state index contributed by atoms with van der Waals surface area (Å²) >= 11 is 0.808. The van der Waals surface area contributed by atoms with E-state index in [9.17, 15) is 43.2 Å². The first-order valence-corrected chi connectivity index (χ1v) is 45.6. The van der Waals surface area contributed by atoms with Gasteiger partial charge in [0, 0.05) is 135 Å². The number of nitrogens with one attached hydrogen (secondary N) is 12. The third-order valence-electron chi connectivity index (χ3n) is 24.1. The van der Waals surface area contributed by atoms with Crippen molar-refractivity contribution in [3.05, 3.63) is 134 Å². The Kier molecular flexibility index (Phi) is 37.7. The highest BCUT2D eigenvalue weighted by molar-refractivity contribution is 8.00. The maximum Gasteiger partial charge on any atom is 0.246 e. The Morgan fingerprint density at radius 3 is 1.62 bits per heavy atom. The zero-order valence-electron chi connectivity index (χ0n) is 75.1. The van der Waals surface area contributed by atoms with Crippen molar-refractivity contribution < 1.29 is 81.5 Å². The van der Waals surface area contributed by atoms with E-state index in [0.29, 0.717) is 54.6 Å². The number of benzene rings is 2. The fourth-order valence-electron chi connectivity index (χ4n) is 16.9. The van der Waals surface area contributed by atoms with Gasteiger partial charge >= 0.3 is 0 Å². The molecule has 3 aliphatic rings. The Bertz CT molecular complexity index is 5030. The Morgan fingerprint density at radius 2 is 1.05 bits per heavy atom. The number of Topliss-reactive ketones (excluding diaryl/α,β-unsaturated/α-hetero) is 2. The van der Waals surface area contributed by atoms with Gasteiger partial charge in [-0.05, 0) is 107 Å². The summed E-state index contributed by atoms with van der Waals surface area (Å²) in [5, 5.41) is 23.1. The van der Waals surface area contributed by atoms with Crippen molar-refractivity contribution in [2.75, 3.05) is 52.3 Å². The molecule has 3 saturated heterocycles. The van der Waals surface area contributed by atoms with Gasteiger partial charge < -0.3 is 98.4 Å². The lowest BCUT2D eigenvalue weighted by Crippen LogP contribution is -2.60.